The lowest BCUT2D eigenvalue weighted by molar-refractivity contribution is -0.136. The van der Waals surface area contributed by atoms with Crippen LogP contribution in [-0.2, 0) is 20.9 Å². The van der Waals surface area contributed by atoms with Gasteiger partial charge in [-0.25, -0.2) is 4.79 Å². The summed E-state index contributed by atoms with van der Waals surface area (Å²) in [5.74, 6) is -0.895. The summed E-state index contributed by atoms with van der Waals surface area (Å²) in [6.07, 6.45) is 0. The second-order valence-electron chi connectivity index (χ2n) is 9.12. The molecule has 0 aromatic heterocycles. The van der Waals surface area contributed by atoms with Gasteiger partial charge in [-0.2, -0.15) is 0 Å². The molecule has 1 aliphatic rings. The Morgan fingerprint density at radius 3 is 2.25 bits per heavy atom. The molecule has 0 radical (unpaired) electrons. The third-order valence-corrected chi connectivity index (χ3v) is 6.07. The van der Waals surface area contributed by atoms with Crippen LogP contribution in [0.4, 0.5) is 5.69 Å². The SMILES string of the molecule is COc1cc(NC(=O)C(C)C)c(C(=O)OCC(=O)N2CCN(Cc3cccc(C)c3)CC2)cc1OC. The quantitative estimate of drug-likeness (QED) is 0.532. The van der Waals surface area contributed by atoms with Gasteiger partial charge < -0.3 is 24.4 Å². The molecule has 2 aromatic rings. The van der Waals surface area contributed by atoms with Crippen LogP contribution in [0, 0.1) is 12.8 Å². The van der Waals surface area contributed by atoms with Gasteiger partial charge in [-0.3, -0.25) is 14.5 Å². The van der Waals surface area contributed by atoms with E-state index in [-0.39, 0.29) is 35.6 Å². The Kier molecular flexibility index (Phi) is 9.30. The van der Waals surface area contributed by atoms with Crippen molar-refractivity contribution < 1.29 is 28.6 Å². The predicted octanol–water partition coefficient (Wildman–Crippen LogP) is 3.11. The van der Waals surface area contributed by atoms with E-state index in [1.165, 1.54) is 37.5 Å². The molecule has 2 amide bonds. The van der Waals surface area contributed by atoms with Crippen molar-refractivity contribution >= 4 is 23.5 Å². The summed E-state index contributed by atoms with van der Waals surface area (Å²) < 4.78 is 15.9. The minimum atomic E-state index is -0.735. The standard InChI is InChI=1S/C27H35N3O6/c1-18(2)26(32)28-22-15-24(35-5)23(34-4)14-21(22)27(33)36-17-25(31)30-11-9-29(10-12-30)16-20-8-6-7-19(3)13-20/h6-8,13-15,18H,9-12,16-17H2,1-5H3,(H,28,32). The lowest BCUT2D eigenvalue weighted by Gasteiger charge is -2.34. The normalized spacial score (nSPS) is 13.9. The second-order valence-corrected chi connectivity index (χ2v) is 9.12. The number of rotatable bonds is 9. The van der Waals surface area contributed by atoms with E-state index in [0.717, 1.165) is 19.6 Å². The molecule has 0 spiro atoms. The Morgan fingerprint density at radius 1 is 0.972 bits per heavy atom. The van der Waals surface area contributed by atoms with Gasteiger partial charge in [-0.15, -0.1) is 0 Å². The first-order valence-corrected chi connectivity index (χ1v) is 12.0. The summed E-state index contributed by atoms with van der Waals surface area (Å²) in [6, 6.07) is 11.3. The van der Waals surface area contributed by atoms with Gasteiger partial charge in [-0.1, -0.05) is 43.7 Å². The van der Waals surface area contributed by atoms with Crippen molar-refractivity contribution in [3.63, 3.8) is 0 Å². The number of benzene rings is 2. The zero-order valence-electron chi connectivity index (χ0n) is 21.6. The Balaban J connectivity index is 1.59. The molecule has 1 aliphatic heterocycles. The monoisotopic (exact) mass is 497 g/mol. The summed E-state index contributed by atoms with van der Waals surface area (Å²) in [4.78, 5) is 41.9. The number of esters is 1. The Bertz CT molecular complexity index is 1090. The Labute approximate surface area is 212 Å². The van der Waals surface area contributed by atoms with Crippen LogP contribution >= 0.6 is 0 Å². The number of piperazine rings is 1. The highest BCUT2D eigenvalue weighted by molar-refractivity contribution is 6.03. The first-order valence-electron chi connectivity index (χ1n) is 12.0. The van der Waals surface area contributed by atoms with E-state index in [4.69, 9.17) is 14.2 Å². The third kappa shape index (κ3) is 6.97. The minimum Gasteiger partial charge on any atom is -0.493 e. The van der Waals surface area contributed by atoms with Gasteiger partial charge in [0.05, 0.1) is 25.5 Å². The number of carbonyl (C=O) groups excluding carboxylic acids is 3. The summed E-state index contributed by atoms with van der Waals surface area (Å²) in [5, 5.41) is 2.72. The van der Waals surface area contributed by atoms with E-state index in [1.54, 1.807) is 18.7 Å². The number of anilines is 1. The number of nitrogens with one attached hydrogen (secondary N) is 1. The smallest absolute Gasteiger partial charge is 0.340 e. The average molecular weight is 498 g/mol. The van der Waals surface area contributed by atoms with E-state index in [2.05, 4.69) is 41.4 Å². The Morgan fingerprint density at radius 2 is 1.64 bits per heavy atom. The number of methoxy groups -OCH3 is 2. The molecular formula is C27H35N3O6. The Hall–Kier alpha value is -3.59. The van der Waals surface area contributed by atoms with Crippen LogP contribution in [0.25, 0.3) is 0 Å². The predicted molar refractivity (Wildman–Crippen MR) is 136 cm³/mol. The highest BCUT2D eigenvalue weighted by atomic mass is 16.5. The van der Waals surface area contributed by atoms with E-state index in [1.807, 2.05) is 0 Å². The molecule has 0 atom stereocenters. The molecule has 9 nitrogen and oxygen atoms in total. The van der Waals surface area contributed by atoms with Crippen LogP contribution in [0.3, 0.4) is 0 Å². The molecule has 3 rings (SSSR count). The van der Waals surface area contributed by atoms with Gasteiger partial charge >= 0.3 is 5.97 Å². The summed E-state index contributed by atoms with van der Waals surface area (Å²) in [7, 11) is 2.91. The molecule has 194 valence electrons. The number of hydrogen-bond acceptors (Lipinski definition) is 7. The number of ether oxygens (including phenoxy) is 3. The molecule has 36 heavy (non-hydrogen) atoms. The van der Waals surface area contributed by atoms with Crippen LogP contribution in [0.1, 0.15) is 35.3 Å². The van der Waals surface area contributed by atoms with Crippen LogP contribution in [0.5, 0.6) is 11.5 Å². The van der Waals surface area contributed by atoms with E-state index < -0.39 is 5.97 Å². The molecule has 1 N–H and O–H groups in total. The molecule has 1 heterocycles. The molecule has 2 aromatic carbocycles. The van der Waals surface area contributed by atoms with Gasteiger partial charge in [0.1, 0.15) is 0 Å². The first-order chi connectivity index (χ1) is 17.2. The molecule has 1 fully saturated rings. The summed E-state index contributed by atoms with van der Waals surface area (Å²) >= 11 is 0. The fraction of sp³-hybridized carbons (Fsp3) is 0.444. The van der Waals surface area contributed by atoms with Crippen molar-refractivity contribution in [2.75, 3.05) is 52.3 Å². The van der Waals surface area contributed by atoms with Crippen molar-refractivity contribution in [1.82, 2.24) is 9.80 Å². The lowest BCUT2D eigenvalue weighted by Crippen LogP contribution is -2.49. The van der Waals surface area contributed by atoms with Crippen LogP contribution in [-0.4, -0.2) is 74.6 Å². The van der Waals surface area contributed by atoms with Crippen molar-refractivity contribution in [2.24, 2.45) is 5.92 Å². The van der Waals surface area contributed by atoms with Crippen LogP contribution < -0.4 is 14.8 Å². The zero-order chi connectivity index (χ0) is 26.2. The van der Waals surface area contributed by atoms with E-state index in [9.17, 15) is 14.4 Å². The van der Waals surface area contributed by atoms with E-state index >= 15 is 0 Å². The van der Waals surface area contributed by atoms with Gasteiger partial charge in [0, 0.05) is 50.8 Å². The molecule has 9 heteroatoms. The van der Waals surface area contributed by atoms with Crippen LogP contribution in [0.2, 0.25) is 0 Å². The van der Waals surface area contributed by atoms with Gasteiger partial charge in [0.2, 0.25) is 5.91 Å². The molecule has 0 unspecified atom stereocenters. The van der Waals surface area contributed by atoms with Gasteiger partial charge in [0.25, 0.3) is 5.91 Å². The van der Waals surface area contributed by atoms with Crippen molar-refractivity contribution in [3.05, 3.63) is 53.1 Å². The van der Waals surface area contributed by atoms with Crippen molar-refractivity contribution in [3.8, 4) is 11.5 Å². The average Bonchev–Trinajstić information content (AvgIpc) is 2.87. The minimum absolute atomic E-state index is 0.0809. The summed E-state index contributed by atoms with van der Waals surface area (Å²) in [5.41, 5.74) is 2.79. The van der Waals surface area contributed by atoms with Gasteiger partial charge in [0.15, 0.2) is 18.1 Å². The maximum atomic E-state index is 12.9. The van der Waals surface area contributed by atoms with Crippen LogP contribution in [0.15, 0.2) is 36.4 Å². The first kappa shape index (κ1) is 27.0. The lowest BCUT2D eigenvalue weighted by atomic mass is 10.1. The zero-order valence-corrected chi connectivity index (χ0v) is 21.6. The summed E-state index contributed by atoms with van der Waals surface area (Å²) in [6.45, 7) is 8.63. The molecule has 0 saturated carbocycles. The molecular weight excluding hydrogens is 462 g/mol. The van der Waals surface area contributed by atoms with Crippen molar-refractivity contribution in [2.45, 2.75) is 27.3 Å². The fourth-order valence-corrected chi connectivity index (χ4v) is 3.95. The third-order valence-electron chi connectivity index (χ3n) is 6.07. The molecule has 1 saturated heterocycles. The highest BCUT2D eigenvalue weighted by Gasteiger charge is 2.25. The number of carbonyl (C=O) groups is 3. The topological polar surface area (TPSA) is 97.4 Å². The second kappa shape index (κ2) is 12.4. The highest BCUT2D eigenvalue weighted by Crippen LogP contribution is 2.34. The largest absolute Gasteiger partial charge is 0.493 e. The maximum absolute atomic E-state index is 12.9. The van der Waals surface area contributed by atoms with E-state index in [0.29, 0.717) is 24.6 Å². The maximum Gasteiger partial charge on any atom is 0.340 e. The number of nitrogens with zero attached hydrogens (tertiary/aromatic N) is 2. The molecule has 0 aliphatic carbocycles. The number of aryl methyl sites for hydroxylation is 1. The van der Waals surface area contributed by atoms with Crippen molar-refractivity contribution in [1.29, 1.82) is 0 Å². The fourth-order valence-electron chi connectivity index (χ4n) is 3.95. The molecule has 0 bridgehead atoms. The number of amides is 2. The number of hydrogen-bond donors (Lipinski definition) is 1. The van der Waals surface area contributed by atoms with Gasteiger partial charge in [-0.05, 0) is 12.5 Å².